The summed E-state index contributed by atoms with van der Waals surface area (Å²) >= 11 is 1.17. The third kappa shape index (κ3) is 10.8. The Kier molecular flexibility index (Phi) is 9.64. The molecular weight excluding hydrogens is 316 g/mol. The third-order valence-electron chi connectivity index (χ3n) is 2.66. The molecule has 1 unspecified atom stereocenters. The van der Waals surface area contributed by atoms with Crippen molar-refractivity contribution in [1.29, 1.82) is 0 Å². The highest BCUT2D eigenvalue weighted by Gasteiger charge is 2.24. The van der Waals surface area contributed by atoms with Crippen molar-refractivity contribution in [2.24, 2.45) is 0 Å². The van der Waals surface area contributed by atoms with Gasteiger partial charge in [0, 0.05) is 25.8 Å². The van der Waals surface area contributed by atoms with Crippen LogP contribution < -0.4 is 5.32 Å². The molecule has 0 aromatic heterocycles. The number of nitrogens with zero attached hydrogens (tertiary/aromatic N) is 1. The zero-order chi connectivity index (χ0) is 18.0. The van der Waals surface area contributed by atoms with Gasteiger partial charge in [0.15, 0.2) is 5.12 Å². The van der Waals surface area contributed by atoms with Crippen molar-refractivity contribution in [1.82, 2.24) is 10.2 Å². The van der Waals surface area contributed by atoms with Gasteiger partial charge in [0.05, 0.1) is 0 Å². The highest BCUT2D eigenvalue weighted by atomic mass is 32.2. The van der Waals surface area contributed by atoms with E-state index in [2.05, 4.69) is 11.9 Å². The predicted molar refractivity (Wildman–Crippen MR) is 93.4 cm³/mol. The number of rotatable bonds is 8. The van der Waals surface area contributed by atoms with Gasteiger partial charge in [-0.05, 0) is 34.1 Å². The molecule has 132 valence electrons. The Labute approximate surface area is 143 Å². The molecule has 6 nitrogen and oxygen atoms in total. The molecule has 7 heteroatoms. The molecule has 0 aromatic rings. The molecule has 0 saturated heterocycles. The molecule has 0 heterocycles. The van der Waals surface area contributed by atoms with Gasteiger partial charge in [0.1, 0.15) is 11.6 Å². The van der Waals surface area contributed by atoms with Crippen molar-refractivity contribution < 1.29 is 19.1 Å². The molecule has 0 aliphatic rings. The zero-order valence-corrected chi connectivity index (χ0v) is 15.5. The van der Waals surface area contributed by atoms with Crippen molar-refractivity contribution in [3.8, 4) is 0 Å². The van der Waals surface area contributed by atoms with E-state index in [4.69, 9.17) is 4.74 Å². The van der Waals surface area contributed by atoms with E-state index >= 15 is 0 Å². The van der Waals surface area contributed by atoms with Crippen molar-refractivity contribution >= 4 is 28.9 Å². The molecule has 0 saturated carbocycles. The average molecular weight is 344 g/mol. The van der Waals surface area contributed by atoms with Crippen molar-refractivity contribution in [2.75, 3.05) is 18.8 Å². The number of hydrogen-bond donors (Lipinski definition) is 1. The van der Waals surface area contributed by atoms with Gasteiger partial charge >= 0.3 is 12.0 Å². The Morgan fingerprint density at radius 2 is 1.91 bits per heavy atom. The van der Waals surface area contributed by atoms with Crippen molar-refractivity contribution in [3.63, 3.8) is 0 Å². The van der Waals surface area contributed by atoms with Crippen LogP contribution in [0.5, 0.6) is 0 Å². The molecule has 0 rings (SSSR count). The second-order valence-corrected chi connectivity index (χ2v) is 7.38. The zero-order valence-electron chi connectivity index (χ0n) is 14.7. The fourth-order valence-corrected chi connectivity index (χ4v) is 2.19. The molecule has 0 radical (unpaired) electrons. The largest absolute Gasteiger partial charge is 0.458 e. The topological polar surface area (TPSA) is 75.7 Å². The van der Waals surface area contributed by atoms with Crippen LogP contribution in [0.3, 0.4) is 0 Å². The smallest absolute Gasteiger partial charge is 0.328 e. The molecule has 2 amide bonds. The Bertz CT molecular complexity index is 432. The van der Waals surface area contributed by atoms with Crippen LogP contribution in [0.4, 0.5) is 4.79 Å². The first kappa shape index (κ1) is 21.5. The molecule has 0 spiro atoms. The lowest BCUT2D eigenvalue weighted by Gasteiger charge is -2.26. The minimum Gasteiger partial charge on any atom is -0.458 e. The fraction of sp³-hybridized carbons (Fsp3) is 0.688. The maximum Gasteiger partial charge on any atom is 0.328 e. The molecule has 0 aliphatic heterocycles. The third-order valence-corrected chi connectivity index (χ3v) is 3.45. The van der Waals surface area contributed by atoms with Gasteiger partial charge in [-0.15, -0.1) is 6.58 Å². The lowest BCUT2D eigenvalue weighted by Crippen LogP contribution is -2.49. The van der Waals surface area contributed by atoms with Crippen LogP contribution in [-0.2, 0) is 14.3 Å². The van der Waals surface area contributed by atoms with E-state index in [9.17, 15) is 14.4 Å². The van der Waals surface area contributed by atoms with Crippen molar-refractivity contribution in [2.45, 2.75) is 52.7 Å². The number of esters is 1. The molecule has 1 N–H and O–H groups in total. The summed E-state index contributed by atoms with van der Waals surface area (Å²) in [6.45, 7) is 12.9. The molecule has 23 heavy (non-hydrogen) atoms. The molecule has 0 aromatic carbocycles. The van der Waals surface area contributed by atoms with Crippen LogP contribution in [0, 0.1) is 0 Å². The van der Waals surface area contributed by atoms with Gasteiger partial charge in [-0.2, -0.15) is 0 Å². The Balaban J connectivity index is 4.58. The number of carbonyl (C=O) groups excluding carboxylic acids is 3. The van der Waals surface area contributed by atoms with Gasteiger partial charge in [-0.1, -0.05) is 17.8 Å². The van der Waals surface area contributed by atoms with Gasteiger partial charge in [-0.3, -0.25) is 4.79 Å². The summed E-state index contributed by atoms with van der Waals surface area (Å²) in [5.41, 5.74) is -0.600. The van der Waals surface area contributed by atoms with Gasteiger partial charge < -0.3 is 15.0 Å². The number of urea groups is 1. The first-order valence-electron chi connectivity index (χ1n) is 7.59. The minimum absolute atomic E-state index is 0.0104. The molecule has 0 aliphatic carbocycles. The monoisotopic (exact) mass is 344 g/mol. The number of hydrogen-bond acceptors (Lipinski definition) is 5. The van der Waals surface area contributed by atoms with Crippen LogP contribution in [0.15, 0.2) is 12.7 Å². The number of ether oxygens (including phenoxy) is 1. The summed E-state index contributed by atoms with van der Waals surface area (Å²) in [6.07, 6.45) is 2.36. The Hall–Kier alpha value is -1.50. The van der Waals surface area contributed by atoms with E-state index in [1.807, 2.05) is 0 Å². The number of carbonyl (C=O) groups is 3. The first-order valence-corrected chi connectivity index (χ1v) is 8.58. The Morgan fingerprint density at radius 3 is 2.39 bits per heavy atom. The minimum atomic E-state index is -0.742. The highest BCUT2D eigenvalue weighted by Crippen LogP contribution is 2.09. The molecule has 1 atom stereocenters. The van der Waals surface area contributed by atoms with Gasteiger partial charge in [0.2, 0.25) is 0 Å². The Morgan fingerprint density at radius 1 is 1.30 bits per heavy atom. The van der Waals surface area contributed by atoms with Crippen LogP contribution >= 0.6 is 11.8 Å². The normalized spacial score (nSPS) is 12.2. The number of amides is 2. The van der Waals surface area contributed by atoms with Crippen LogP contribution in [0.2, 0.25) is 0 Å². The van der Waals surface area contributed by atoms with E-state index in [0.717, 1.165) is 0 Å². The highest BCUT2D eigenvalue weighted by molar-refractivity contribution is 8.13. The second kappa shape index (κ2) is 10.3. The lowest BCUT2D eigenvalue weighted by atomic mass is 10.2. The lowest BCUT2D eigenvalue weighted by molar-refractivity contribution is -0.156. The van der Waals surface area contributed by atoms with Gasteiger partial charge in [-0.25, -0.2) is 9.59 Å². The second-order valence-electron chi connectivity index (χ2n) is 6.11. The standard InChI is InChI=1S/C16H28N2O4S/c1-7-8-9-18(10-11-23-13(3)19)15(21)17-12(2)14(20)22-16(4,5)6/h7,12H,1,8-11H2,2-6H3,(H,17,21). The number of thioether (sulfide) groups is 1. The average Bonchev–Trinajstić information content (AvgIpc) is 2.40. The molecule has 0 bridgehead atoms. The first-order chi connectivity index (χ1) is 10.6. The predicted octanol–water partition coefficient (Wildman–Crippen LogP) is 2.58. The van der Waals surface area contributed by atoms with E-state index in [1.165, 1.54) is 18.7 Å². The van der Waals surface area contributed by atoms with E-state index in [1.54, 1.807) is 38.7 Å². The molecule has 0 fully saturated rings. The van der Waals surface area contributed by atoms with E-state index in [0.29, 0.717) is 25.3 Å². The maximum absolute atomic E-state index is 12.3. The summed E-state index contributed by atoms with van der Waals surface area (Å²) in [4.78, 5) is 36.7. The maximum atomic E-state index is 12.3. The van der Waals surface area contributed by atoms with Crippen LogP contribution in [0.1, 0.15) is 41.0 Å². The SMILES string of the molecule is C=CCCN(CCSC(C)=O)C(=O)NC(C)C(=O)OC(C)(C)C. The van der Waals surface area contributed by atoms with Crippen LogP contribution in [-0.4, -0.2) is 52.5 Å². The van der Waals surface area contributed by atoms with Gasteiger partial charge in [0.25, 0.3) is 0 Å². The summed E-state index contributed by atoms with van der Waals surface area (Å²) in [5, 5.41) is 2.64. The number of nitrogens with one attached hydrogen (secondary N) is 1. The van der Waals surface area contributed by atoms with E-state index in [-0.39, 0.29) is 11.1 Å². The van der Waals surface area contributed by atoms with Crippen molar-refractivity contribution in [3.05, 3.63) is 12.7 Å². The molecular formula is C16H28N2O4S. The quantitative estimate of drug-likeness (QED) is 0.541. The van der Waals surface area contributed by atoms with Crippen LogP contribution in [0.25, 0.3) is 0 Å². The summed E-state index contributed by atoms with van der Waals surface area (Å²) in [7, 11) is 0. The van der Waals surface area contributed by atoms with E-state index < -0.39 is 17.6 Å². The fourth-order valence-electron chi connectivity index (χ4n) is 1.59. The summed E-state index contributed by atoms with van der Waals surface area (Å²) in [6, 6.07) is -1.09. The summed E-state index contributed by atoms with van der Waals surface area (Å²) in [5.74, 6) is 0.0356. The summed E-state index contributed by atoms with van der Waals surface area (Å²) < 4.78 is 5.24.